The number of hydrogen-bond donors (Lipinski definition) is 1. The van der Waals surface area contributed by atoms with Gasteiger partial charge in [0.1, 0.15) is 11.5 Å². The van der Waals surface area contributed by atoms with Crippen molar-refractivity contribution in [2.45, 2.75) is 57.5 Å². The van der Waals surface area contributed by atoms with E-state index in [1.54, 1.807) is 0 Å². The van der Waals surface area contributed by atoms with Crippen LogP contribution in [0.15, 0.2) is 46.9 Å². The maximum atomic E-state index is 5.77. The molecule has 0 bridgehead atoms. The van der Waals surface area contributed by atoms with Crippen molar-refractivity contribution in [3.05, 3.63) is 59.5 Å². The molecule has 1 N–H and O–H groups in total. The van der Waals surface area contributed by atoms with Crippen LogP contribution in [-0.2, 0) is 0 Å². The first kappa shape index (κ1) is 14.4. The first-order chi connectivity index (χ1) is 10.2. The molecule has 1 fully saturated rings. The summed E-state index contributed by atoms with van der Waals surface area (Å²) < 4.78 is 5.77. The van der Waals surface area contributed by atoms with Crippen LogP contribution in [0.5, 0.6) is 0 Å². The maximum Gasteiger partial charge on any atom is 0.120 e. The molecule has 2 heteroatoms. The Hall–Kier alpha value is -1.54. The van der Waals surface area contributed by atoms with Gasteiger partial charge in [-0.3, -0.25) is 0 Å². The number of benzene rings is 1. The monoisotopic (exact) mass is 283 g/mol. The Bertz CT molecular complexity index is 560. The van der Waals surface area contributed by atoms with Gasteiger partial charge < -0.3 is 9.73 Å². The van der Waals surface area contributed by atoms with Gasteiger partial charge in [-0.25, -0.2) is 0 Å². The number of hydrogen-bond acceptors (Lipinski definition) is 2. The molecule has 1 aromatic carbocycles. The van der Waals surface area contributed by atoms with E-state index in [-0.39, 0.29) is 6.04 Å². The molecule has 1 heterocycles. The highest BCUT2D eigenvalue weighted by molar-refractivity contribution is 5.22. The molecule has 1 aromatic heterocycles. The summed E-state index contributed by atoms with van der Waals surface area (Å²) in [6, 6.07) is 15.9. The van der Waals surface area contributed by atoms with E-state index >= 15 is 0 Å². The zero-order valence-electron chi connectivity index (χ0n) is 13.0. The van der Waals surface area contributed by atoms with Crippen molar-refractivity contribution in [3.8, 4) is 0 Å². The lowest BCUT2D eigenvalue weighted by Crippen LogP contribution is -2.38. The van der Waals surface area contributed by atoms with Crippen LogP contribution in [0.1, 0.15) is 61.7 Å². The number of nitrogens with one attached hydrogen (secondary N) is 1. The van der Waals surface area contributed by atoms with Gasteiger partial charge in [-0.15, -0.1) is 0 Å². The SMILES string of the molecule is Cc1ccc(C(C)NC2CCCCC2c2ccccc2)o1. The van der Waals surface area contributed by atoms with E-state index in [9.17, 15) is 0 Å². The van der Waals surface area contributed by atoms with Crippen LogP contribution in [0.4, 0.5) is 0 Å². The molecule has 0 spiro atoms. The number of aryl methyl sites for hydroxylation is 1. The highest BCUT2D eigenvalue weighted by atomic mass is 16.3. The molecule has 1 saturated carbocycles. The Morgan fingerprint density at radius 1 is 1.05 bits per heavy atom. The fourth-order valence-electron chi connectivity index (χ4n) is 3.52. The van der Waals surface area contributed by atoms with E-state index in [1.165, 1.54) is 31.2 Å². The second kappa shape index (κ2) is 6.48. The molecular weight excluding hydrogens is 258 g/mol. The molecule has 1 aliphatic rings. The van der Waals surface area contributed by atoms with Crippen LogP contribution in [-0.4, -0.2) is 6.04 Å². The van der Waals surface area contributed by atoms with Crippen LogP contribution in [0.2, 0.25) is 0 Å². The molecule has 3 unspecified atom stereocenters. The van der Waals surface area contributed by atoms with Gasteiger partial charge >= 0.3 is 0 Å². The fourth-order valence-corrected chi connectivity index (χ4v) is 3.52. The number of rotatable bonds is 4. The van der Waals surface area contributed by atoms with Crippen molar-refractivity contribution in [1.82, 2.24) is 5.32 Å². The lowest BCUT2D eigenvalue weighted by molar-refractivity contribution is 0.289. The summed E-state index contributed by atoms with van der Waals surface area (Å²) in [6.07, 6.45) is 5.20. The summed E-state index contributed by atoms with van der Waals surface area (Å²) in [4.78, 5) is 0. The second-order valence-electron chi connectivity index (χ2n) is 6.24. The summed E-state index contributed by atoms with van der Waals surface area (Å²) in [6.45, 7) is 4.21. The van der Waals surface area contributed by atoms with E-state index in [2.05, 4.69) is 48.6 Å². The van der Waals surface area contributed by atoms with Crippen molar-refractivity contribution in [2.24, 2.45) is 0 Å². The predicted molar refractivity (Wildman–Crippen MR) is 86.4 cm³/mol. The van der Waals surface area contributed by atoms with Gasteiger partial charge in [0.2, 0.25) is 0 Å². The maximum absolute atomic E-state index is 5.77. The summed E-state index contributed by atoms with van der Waals surface area (Å²) in [5, 5.41) is 3.80. The first-order valence-electron chi connectivity index (χ1n) is 8.11. The average molecular weight is 283 g/mol. The Morgan fingerprint density at radius 3 is 2.52 bits per heavy atom. The van der Waals surface area contributed by atoms with Gasteiger partial charge in [-0.2, -0.15) is 0 Å². The van der Waals surface area contributed by atoms with Crippen LogP contribution >= 0.6 is 0 Å². The third-order valence-corrected chi connectivity index (χ3v) is 4.65. The van der Waals surface area contributed by atoms with Gasteiger partial charge in [-0.05, 0) is 50.3 Å². The van der Waals surface area contributed by atoms with Crippen LogP contribution in [0.3, 0.4) is 0 Å². The van der Waals surface area contributed by atoms with Crippen LogP contribution < -0.4 is 5.32 Å². The van der Waals surface area contributed by atoms with Gasteiger partial charge in [-0.1, -0.05) is 43.2 Å². The number of furan rings is 1. The van der Waals surface area contributed by atoms with Crippen molar-refractivity contribution >= 4 is 0 Å². The van der Waals surface area contributed by atoms with E-state index in [1.807, 2.05) is 13.0 Å². The van der Waals surface area contributed by atoms with Crippen molar-refractivity contribution < 1.29 is 4.42 Å². The highest BCUT2D eigenvalue weighted by Gasteiger charge is 2.28. The molecule has 21 heavy (non-hydrogen) atoms. The molecule has 3 rings (SSSR count). The third-order valence-electron chi connectivity index (χ3n) is 4.65. The van der Waals surface area contributed by atoms with E-state index < -0.39 is 0 Å². The minimum atomic E-state index is 0.271. The zero-order chi connectivity index (χ0) is 14.7. The lowest BCUT2D eigenvalue weighted by Gasteiger charge is -2.34. The Labute approximate surface area is 127 Å². The van der Waals surface area contributed by atoms with Gasteiger partial charge in [0.05, 0.1) is 6.04 Å². The second-order valence-corrected chi connectivity index (χ2v) is 6.24. The third kappa shape index (κ3) is 3.38. The quantitative estimate of drug-likeness (QED) is 0.857. The normalized spacial score (nSPS) is 23.9. The molecule has 2 nitrogen and oxygen atoms in total. The Morgan fingerprint density at radius 2 is 1.81 bits per heavy atom. The molecule has 1 aliphatic carbocycles. The summed E-state index contributed by atoms with van der Waals surface area (Å²) in [5.74, 6) is 2.66. The standard InChI is InChI=1S/C19H25NO/c1-14-12-13-19(21-14)15(2)20-18-11-7-6-10-17(18)16-8-4-3-5-9-16/h3-5,8-9,12-13,15,17-18,20H,6-7,10-11H2,1-2H3. The molecule has 2 aromatic rings. The van der Waals surface area contributed by atoms with Crippen molar-refractivity contribution in [1.29, 1.82) is 0 Å². The van der Waals surface area contributed by atoms with Gasteiger partial charge in [0.15, 0.2) is 0 Å². The summed E-state index contributed by atoms with van der Waals surface area (Å²) in [5.41, 5.74) is 1.47. The first-order valence-corrected chi connectivity index (χ1v) is 8.11. The molecule has 0 radical (unpaired) electrons. The van der Waals surface area contributed by atoms with Crippen molar-refractivity contribution in [2.75, 3.05) is 0 Å². The van der Waals surface area contributed by atoms with E-state index in [4.69, 9.17) is 4.42 Å². The minimum Gasteiger partial charge on any atom is -0.465 e. The summed E-state index contributed by atoms with van der Waals surface area (Å²) in [7, 11) is 0. The van der Waals surface area contributed by atoms with Gasteiger partial charge in [0.25, 0.3) is 0 Å². The molecule has 3 atom stereocenters. The topological polar surface area (TPSA) is 25.2 Å². The highest BCUT2D eigenvalue weighted by Crippen LogP contribution is 2.34. The fraction of sp³-hybridized carbons (Fsp3) is 0.474. The van der Waals surface area contributed by atoms with Crippen molar-refractivity contribution in [3.63, 3.8) is 0 Å². The van der Waals surface area contributed by atoms with Crippen LogP contribution in [0, 0.1) is 6.92 Å². The lowest BCUT2D eigenvalue weighted by atomic mass is 9.79. The van der Waals surface area contributed by atoms with Gasteiger partial charge in [0, 0.05) is 6.04 Å². The molecule has 0 aliphatic heterocycles. The van der Waals surface area contributed by atoms with E-state index in [0.717, 1.165) is 11.5 Å². The molecule has 0 saturated heterocycles. The predicted octanol–water partition coefficient (Wildman–Crippen LogP) is 4.97. The Kier molecular flexibility index (Phi) is 4.45. The molecule has 0 amide bonds. The average Bonchev–Trinajstić information content (AvgIpc) is 2.95. The zero-order valence-corrected chi connectivity index (χ0v) is 13.0. The minimum absolute atomic E-state index is 0.271. The Balaban J connectivity index is 1.72. The van der Waals surface area contributed by atoms with E-state index in [0.29, 0.717) is 12.0 Å². The largest absolute Gasteiger partial charge is 0.465 e. The molecule has 112 valence electrons. The smallest absolute Gasteiger partial charge is 0.120 e. The molecular formula is C19H25NO. The summed E-state index contributed by atoms with van der Waals surface area (Å²) >= 11 is 0. The van der Waals surface area contributed by atoms with Crippen LogP contribution in [0.25, 0.3) is 0 Å².